The van der Waals surface area contributed by atoms with Gasteiger partial charge in [-0.25, -0.2) is 31.8 Å². The van der Waals surface area contributed by atoms with Crippen molar-refractivity contribution in [1.82, 2.24) is 0 Å². The Morgan fingerprint density at radius 2 is 0.566 bits per heavy atom. The molecular formula is C84H69BrCl5F3N6O7. The third-order valence-corrected chi connectivity index (χ3v) is 17.8. The molecule has 18 aromatic rings. The molecular weight excluding hydrogens is 1520 g/mol. The third-order valence-electron chi connectivity index (χ3n) is 17.8. The number of aryl methyl sites for hydroxylation is 6. The number of aromatic nitrogens is 6. The van der Waals surface area contributed by atoms with E-state index in [0.717, 1.165) is 33.2 Å². The van der Waals surface area contributed by atoms with Gasteiger partial charge in [-0.3, -0.25) is 0 Å². The molecule has 0 aliphatic rings. The maximum atomic E-state index is 13.8. The van der Waals surface area contributed by atoms with E-state index in [2.05, 4.69) is 198 Å². The molecule has 13 nitrogen and oxygen atoms in total. The topological polar surface area (TPSA) is 178 Å². The van der Waals surface area contributed by atoms with Crippen molar-refractivity contribution in [2.75, 3.05) is 0 Å². The molecule has 22 heteroatoms. The molecule has 0 radical (unpaired) electrons. The Morgan fingerprint density at radius 1 is 0.274 bits per heavy atom. The van der Waals surface area contributed by atoms with E-state index in [1.807, 2.05) is 100 Å². The Hall–Kier alpha value is -10.4. The van der Waals surface area contributed by atoms with Crippen LogP contribution in [0.5, 0.6) is 17.2 Å². The highest BCUT2D eigenvalue weighted by Crippen LogP contribution is 2.32. The van der Waals surface area contributed by atoms with E-state index in [9.17, 15) is 28.5 Å². The highest BCUT2D eigenvalue weighted by atomic mass is 79.9. The second kappa shape index (κ2) is 36.1. The summed E-state index contributed by atoms with van der Waals surface area (Å²) in [5, 5.41) is 35.7. The van der Waals surface area contributed by atoms with Crippen molar-refractivity contribution in [3.8, 4) is 17.2 Å². The number of hydrogen-bond acceptors (Lipinski definition) is 7. The van der Waals surface area contributed by atoms with Gasteiger partial charge in [-0.05, 0) is 143 Å². The second-order valence-electron chi connectivity index (χ2n) is 24.1. The number of para-hydroxylation sites is 3. The zero-order chi connectivity index (χ0) is 71.2. The van der Waals surface area contributed by atoms with E-state index in [0.29, 0.717) is 27.4 Å². The Balaban J connectivity index is 0.000000174. The number of halogens is 9. The Bertz CT molecular complexity index is 5890. The monoisotopic (exact) mass is 1580 g/mol. The van der Waals surface area contributed by atoms with Crippen LogP contribution in [0.1, 0.15) is 33.4 Å². The summed E-state index contributed by atoms with van der Waals surface area (Å²) in [6, 6.07) is 81.8. The zero-order valence-electron chi connectivity index (χ0n) is 57.8. The van der Waals surface area contributed by atoms with Gasteiger partial charge in [-0.15, -0.1) is 10.2 Å². The molecule has 0 saturated carbocycles. The molecule has 0 spiro atoms. The number of fused-ring (bicyclic) bond motifs is 18. The van der Waals surface area contributed by atoms with Gasteiger partial charge in [0.1, 0.15) is 40.1 Å². The first kappa shape index (κ1) is 82.9. The molecule has 18 rings (SSSR count). The maximum Gasteiger partial charge on any atom is 0.225 e. The molecule has 12 heterocycles. The van der Waals surface area contributed by atoms with Gasteiger partial charge < -0.3 is 81.9 Å². The van der Waals surface area contributed by atoms with Crippen LogP contribution < -0.4 is 112 Å². The summed E-state index contributed by atoms with van der Waals surface area (Å²) in [7, 11) is -4.94. The SMILES string of the molecule is Cc1c(O)c2c(F)cccc2[n+]2ccccc12.Cc1c(O)c2cc(F)ccc2[n+]2ccccc12.Cc1c(O)c2ccc(F)cc2[n+]2ccccc12.Cc1cc2cccc[n+]2c2ccccc12.Cc1cc2cccc[n+]2c2ccccc12.Cc1cc2cccc[n+]2c2ccccc12.[Br-].[Cl-].[Cl-].[Cl-].[Cl-].[O-][Cl+3]([O-])([O-])[O-]. The van der Waals surface area contributed by atoms with Crippen molar-refractivity contribution in [3.05, 3.63) is 343 Å². The van der Waals surface area contributed by atoms with Crippen molar-refractivity contribution in [2.45, 2.75) is 41.5 Å². The highest BCUT2D eigenvalue weighted by Gasteiger charge is 2.22. The first-order valence-electron chi connectivity index (χ1n) is 32.3. The Kier molecular flexibility index (Phi) is 28.2. The first-order valence-corrected chi connectivity index (χ1v) is 33.5. The zero-order valence-corrected chi connectivity index (χ0v) is 63.1. The largest absolute Gasteiger partial charge is 1.00 e. The van der Waals surface area contributed by atoms with Crippen LogP contribution in [0.25, 0.3) is 98.5 Å². The van der Waals surface area contributed by atoms with Crippen LogP contribution in [0.15, 0.2) is 292 Å². The van der Waals surface area contributed by atoms with Crippen LogP contribution in [0.4, 0.5) is 13.2 Å². The molecule has 106 heavy (non-hydrogen) atoms. The minimum absolute atomic E-state index is 0. The molecule has 0 aliphatic carbocycles. The van der Waals surface area contributed by atoms with Gasteiger partial charge in [-0.2, -0.15) is 26.4 Å². The molecule has 0 amide bonds. The van der Waals surface area contributed by atoms with Crippen LogP contribution in [0, 0.1) is 69.2 Å². The lowest BCUT2D eigenvalue weighted by atomic mass is 10.1. The fourth-order valence-corrected chi connectivity index (χ4v) is 12.9. The van der Waals surface area contributed by atoms with E-state index in [1.54, 1.807) is 31.2 Å². The minimum Gasteiger partial charge on any atom is -1.00 e. The summed E-state index contributed by atoms with van der Waals surface area (Å²) >= 11 is 0. The molecule has 0 unspecified atom stereocenters. The molecule has 0 saturated heterocycles. The molecule has 0 atom stereocenters. The van der Waals surface area contributed by atoms with Gasteiger partial charge in [0.25, 0.3) is 0 Å². The number of nitrogens with zero attached hydrogens (tertiary/aromatic N) is 6. The van der Waals surface area contributed by atoms with E-state index in [1.165, 1.54) is 96.3 Å². The van der Waals surface area contributed by atoms with Gasteiger partial charge >= 0.3 is 0 Å². The Labute approximate surface area is 645 Å². The fraction of sp³-hybridized carbons (Fsp3) is 0.0714. The fourth-order valence-electron chi connectivity index (χ4n) is 12.9. The van der Waals surface area contributed by atoms with Gasteiger partial charge in [0.05, 0.1) is 27.5 Å². The molecule has 0 fully saturated rings. The highest BCUT2D eigenvalue weighted by molar-refractivity contribution is 5.89. The van der Waals surface area contributed by atoms with Crippen LogP contribution in [-0.4, -0.2) is 15.3 Å². The quantitative estimate of drug-likeness (QED) is 0.108. The van der Waals surface area contributed by atoms with E-state index < -0.39 is 16.1 Å². The van der Waals surface area contributed by atoms with Crippen molar-refractivity contribution >= 4 is 98.5 Å². The summed E-state index contributed by atoms with van der Waals surface area (Å²) in [5.74, 6) is -0.677. The van der Waals surface area contributed by atoms with Crippen molar-refractivity contribution in [2.24, 2.45) is 0 Å². The van der Waals surface area contributed by atoms with Gasteiger partial charge in [-0.1, -0.05) is 42.5 Å². The van der Waals surface area contributed by atoms with Crippen LogP contribution in [-0.2, 0) is 0 Å². The summed E-state index contributed by atoms with van der Waals surface area (Å²) in [5.41, 5.74) is 18.6. The van der Waals surface area contributed by atoms with Gasteiger partial charge in [0.2, 0.25) is 66.2 Å². The first-order chi connectivity index (χ1) is 48.6. The van der Waals surface area contributed by atoms with Gasteiger partial charge in [0.15, 0.2) is 37.2 Å². The predicted molar refractivity (Wildman–Crippen MR) is 376 cm³/mol. The lowest BCUT2D eigenvalue weighted by molar-refractivity contribution is -2.00. The lowest BCUT2D eigenvalue weighted by Gasteiger charge is -2.17. The normalized spacial score (nSPS) is 10.6. The van der Waals surface area contributed by atoms with Gasteiger partial charge in [0, 0.05) is 144 Å². The van der Waals surface area contributed by atoms with Crippen LogP contribution in [0.2, 0.25) is 0 Å². The summed E-state index contributed by atoms with van der Waals surface area (Å²) in [6.45, 7) is 12.0. The molecule has 6 aromatic carbocycles. The van der Waals surface area contributed by atoms with Crippen LogP contribution in [0.3, 0.4) is 0 Å². The number of hydrogen-bond donors (Lipinski definition) is 3. The molecule has 3 N–H and O–H groups in total. The minimum atomic E-state index is -4.94. The number of benzene rings is 6. The summed E-state index contributed by atoms with van der Waals surface area (Å²) < 4.78 is 86.7. The number of pyridine rings is 12. The standard InChI is InChI=1S/3C14H10FNO.3C14H12N.BrH.ClHO4.4ClH/c1-9-11-6-2-3-8-16(11)12-7-4-5-10(15)13(12)14(9)17;1-9-12-4-2-3-7-16(12)13-6-5-10(15)8-11(13)14(9)17;1-9-12-4-2-3-7-16(12)13-8-10(15)5-6-11(13)14(9)17;3*1-11-10-12-6-4-5-9-15(12)14-8-3-2-7-13(11)14;;2-1(3,4)5;;;;/h3*2-8H,1H3;3*2-10H,1H3;1H;(H,2,3,4,5);4*1H/q;;;3*+1;;;;;;/p-3. The maximum absolute atomic E-state index is 13.8. The molecule has 540 valence electrons. The van der Waals surface area contributed by atoms with Crippen molar-refractivity contribution < 1.29 is 150 Å². The Morgan fingerprint density at radius 3 is 0.981 bits per heavy atom. The number of aromatic hydroxyl groups is 3. The van der Waals surface area contributed by atoms with Crippen molar-refractivity contribution in [1.29, 1.82) is 0 Å². The number of rotatable bonds is 0. The van der Waals surface area contributed by atoms with Crippen LogP contribution >= 0.6 is 0 Å². The summed E-state index contributed by atoms with van der Waals surface area (Å²) in [4.78, 5) is 0. The molecule has 0 aliphatic heterocycles. The smallest absolute Gasteiger partial charge is 0.225 e. The third kappa shape index (κ3) is 17.8. The van der Waals surface area contributed by atoms with E-state index >= 15 is 0 Å². The van der Waals surface area contributed by atoms with Crippen molar-refractivity contribution in [3.63, 3.8) is 0 Å². The summed E-state index contributed by atoms with van der Waals surface area (Å²) in [6.07, 6.45) is 12.0. The predicted octanol–water partition coefficient (Wildman–Crippen LogP) is -2.88. The second-order valence-corrected chi connectivity index (χ2v) is 24.9. The lowest BCUT2D eigenvalue weighted by Crippen LogP contribution is -3.00. The molecule has 12 aromatic heterocycles. The van der Waals surface area contributed by atoms with E-state index in [4.69, 9.17) is 18.6 Å². The molecule has 0 bridgehead atoms. The average molecular weight is 1590 g/mol. The average Bonchev–Trinajstić information content (AvgIpc) is 0.778. The van der Waals surface area contributed by atoms with E-state index in [-0.39, 0.29) is 101 Å².